The Morgan fingerprint density at radius 3 is 2.31 bits per heavy atom. The zero-order chi connectivity index (χ0) is 21.9. The molecule has 0 bridgehead atoms. The van der Waals surface area contributed by atoms with Crippen LogP contribution in [0.25, 0.3) is 22.8 Å². The number of anilines is 2. The third-order valence-corrected chi connectivity index (χ3v) is 5.31. The molecule has 1 heterocycles. The van der Waals surface area contributed by atoms with Crippen molar-refractivity contribution >= 4 is 23.2 Å². The second-order valence-corrected chi connectivity index (χ2v) is 7.71. The number of hydrogen-bond acceptors (Lipinski definition) is 4. The monoisotopic (exact) mass is 423 g/mol. The van der Waals surface area contributed by atoms with Gasteiger partial charge in [-0.25, -0.2) is 4.98 Å². The van der Waals surface area contributed by atoms with Crippen LogP contribution in [0, 0.1) is 5.92 Å². The molecule has 3 N–H and O–H groups in total. The van der Waals surface area contributed by atoms with Gasteiger partial charge in [0.25, 0.3) is 5.91 Å². The smallest absolute Gasteiger partial charge is 0.255 e. The van der Waals surface area contributed by atoms with Crippen molar-refractivity contribution in [3.8, 4) is 22.8 Å². The number of amides is 2. The third-order valence-electron chi connectivity index (χ3n) is 5.31. The lowest BCUT2D eigenvalue weighted by molar-refractivity contribution is -0.117. The van der Waals surface area contributed by atoms with E-state index in [1.807, 2.05) is 54.6 Å². The molecule has 1 fully saturated rings. The van der Waals surface area contributed by atoms with E-state index in [9.17, 15) is 9.59 Å². The number of aromatic nitrogens is 3. The number of hydrogen-bond donors (Lipinski definition) is 3. The average molecular weight is 423 g/mol. The number of rotatable bonds is 6. The van der Waals surface area contributed by atoms with Gasteiger partial charge in [0, 0.05) is 28.3 Å². The zero-order valence-electron chi connectivity index (χ0n) is 17.2. The van der Waals surface area contributed by atoms with E-state index in [1.54, 1.807) is 24.3 Å². The fourth-order valence-electron chi connectivity index (χ4n) is 3.39. The molecule has 3 aromatic carbocycles. The van der Waals surface area contributed by atoms with E-state index in [0.29, 0.717) is 28.6 Å². The van der Waals surface area contributed by atoms with Gasteiger partial charge in [0.2, 0.25) is 5.91 Å². The Kier molecular flexibility index (Phi) is 5.21. The van der Waals surface area contributed by atoms with E-state index < -0.39 is 0 Å². The fraction of sp³-hybridized carbons (Fsp3) is 0.120. The summed E-state index contributed by atoms with van der Waals surface area (Å²) in [6.45, 7) is 0. The van der Waals surface area contributed by atoms with Crippen molar-refractivity contribution in [3.63, 3.8) is 0 Å². The van der Waals surface area contributed by atoms with Gasteiger partial charge in [0.05, 0.1) is 5.69 Å². The third kappa shape index (κ3) is 4.27. The predicted molar refractivity (Wildman–Crippen MR) is 123 cm³/mol. The van der Waals surface area contributed by atoms with Gasteiger partial charge in [-0.3, -0.25) is 14.7 Å². The molecule has 5 rings (SSSR count). The lowest BCUT2D eigenvalue weighted by Gasteiger charge is -2.10. The van der Waals surface area contributed by atoms with Crippen molar-refractivity contribution in [3.05, 3.63) is 84.4 Å². The van der Waals surface area contributed by atoms with Crippen LogP contribution in [0.15, 0.2) is 78.9 Å². The Balaban J connectivity index is 1.32. The van der Waals surface area contributed by atoms with E-state index in [1.165, 1.54) is 0 Å². The van der Waals surface area contributed by atoms with Crippen molar-refractivity contribution in [1.29, 1.82) is 0 Å². The second kappa shape index (κ2) is 8.47. The van der Waals surface area contributed by atoms with E-state index in [-0.39, 0.29) is 17.7 Å². The first-order chi connectivity index (χ1) is 15.7. The molecule has 0 radical (unpaired) electrons. The first kappa shape index (κ1) is 19.7. The maximum atomic E-state index is 12.8. The van der Waals surface area contributed by atoms with Crippen molar-refractivity contribution in [2.45, 2.75) is 12.8 Å². The van der Waals surface area contributed by atoms with Crippen molar-refractivity contribution < 1.29 is 9.59 Å². The first-order valence-corrected chi connectivity index (χ1v) is 10.5. The van der Waals surface area contributed by atoms with Gasteiger partial charge in [-0.2, -0.15) is 5.10 Å². The SMILES string of the molecule is O=C(Nc1ccccc1-c1nc(-c2ccccc2)n[nH]1)c1ccc(NC(=O)C2CC2)cc1. The van der Waals surface area contributed by atoms with Crippen LogP contribution in [-0.2, 0) is 4.79 Å². The van der Waals surface area contributed by atoms with Crippen LogP contribution in [0.4, 0.5) is 11.4 Å². The zero-order valence-corrected chi connectivity index (χ0v) is 17.2. The van der Waals surface area contributed by atoms with E-state index >= 15 is 0 Å². The molecule has 0 saturated heterocycles. The van der Waals surface area contributed by atoms with Gasteiger partial charge in [-0.15, -0.1) is 0 Å². The van der Waals surface area contributed by atoms with Gasteiger partial charge < -0.3 is 10.6 Å². The van der Waals surface area contributed by atoms with Gasteiger partial charge in [0.15, 0.2) is 11.6 Å². The highest BCUT2D eigenvalue weighted by molar-refractivity contribution is 6.06. The van der Waals surface area contributed by atoms with Crippen molar-refractivity contribution in [2.75, 3.05) is 10.6 Å². The largest absolute Gasteiger partial charge is 0.326 e. The van der Waals surface area contributed by atoms with Crippen LogP contribution in [0.1, 0.15) is 23.2 Å². The average Bonchev–Trinajstić information content (AvgIpc) is 3.57. The van der Waals surface area contributed by atoms with Gasteiger partial charge in [-0.05, 0) is 49.2 Å². The molecule has 1 aromatic heterocycles. The Bertz CT molecular complexity index is 1260. The molecular formula is C25H21N5O2. The maximum absolute atomic E-state index is 12.8. The lowest BCUT2D eigenvalue weighted by atomic mass is 10.1. The van der Waals surface area contributed by atoms with Crippen molar-refractivity contribution in [2.24, 2.45) is 5.92 Å². The van der Waals surface area contributed by atoms with Crippen LogP contribution >= 0.6 is 0 Å². The number of benzene rings is 3. The standard InChI is InChI=1S/C25H21N5O2/c31-24(17-10-11-17)26-19-14-12-18(13-15-19)25(32)27-21-9-5-4-8-20(21)23-28-22(29-30-23)16-6-2-1-3-7-16/h1-9,12-15,17H,10-11H2,(H,26,31)(H,27,32)(H,28,29,30). The Morgan fingerprint density at radius 1 is 0.844 bits per heavy atom. The summed E-state index contributed by atoms with van der Waals surface area (Å²) in [4.78, 5) is 29.3. The summed E-state index contributed by atoms with van der Waals surface area (Å²) in [5.41, 5.74) is 3.45. The number of nitrogens with one attached hydrogen (secondary N) is 3. The molecule has 2 amide bonds. The van der Waals surface area contributed by atoms with Gasteiger partial charge >= 0.3 is 0 Å². The minimum atomic E-state index is -0.250. The molecule has 32 heavy (non-hydrogen) atoms. The van der Waals surface area contributed by atoms with Crippen LogP contribution < -0.4 is 10.6 Å². The maximum Gasteiger partial charge on any atom is 0.255 e. The molecule has 0 atom stereocenters. The molecule has 0 aliphatic heterocycles. The quantitative estimate of drug-likeness (QED) is 0.417. The highest BCUT2D eigenvalue weighted by atomic mass is 16.2. The fourth-order valence-corrected chi connectivity index (χ4v) is 3.39. The first-order valence-electron chi connectivity index (χ1n) is 10.5. The summed E-state index contributed by atoms with van der Waals surface area (Å²) in [5.74, 6) is 1.08. The number of nitrogens with zero attached hydrogens (tertiary/aromatic N) is 2. The second-order valence-electron chi connectivity index (χ2n) is 7.71. The molecular weight excluding hydrogens is 402 g/mol. The topological polar surface area (TPSA) is 99.8 Å². The summed E-state index contributed by atoms with van der Waals surface area (Å²) >= 11 is 0. The van der Waals surface area contributed by atoms with Crippen LogP contribution in [0.2, 0.25) is 0 Å². The van der Waals surface area contributed by atoms with Gasteiger partial charge in [0.1, 0.15) is 0 Å². The Hall–Kier alpha value is -4.26. The van der Waals surface area contributed by atoms with E-state index in [2.05, 4.69) is 25.8 Å². The van der Waals surface area contributed by atoms with Crippen LogP contribution in [0.3, 0.4) is 0 Å². The molecule has 7 heteroatoms. The summed E-state index contributed by atoms with van der Waals surface area (Å²) in [7, 11) is 0. The molecule has 1 saturated carbocycles. The Labute approximate surface area is 184 Å². The van der Waals surface area contributed by atoms with Crippen LogP contribution in [-0.4, -0.2) is 27.0 Å². The predicted octanol–water partition coefficient (Wildman–Crippen LogP) is 4.74. The highest BCUT2D eigenvalue weighted by Crippen LogP contribution is 2.30. The van der Waals surface area contributed by atoms with Crippen LogP contribution in [0.5, 0.6) is 0 Å². The van der Waals surface area contributed by atoms with E-state index in [0.717, 1.165) is 24.0 Å². The lowest BCUT2D eigenvalue weighted by Crippen LogP contribution is -2.15. The molecule has 7 nitrogen and oxygen atoms in total. The number of aromatic amines is 1. The number of carbonyl (C=O) groups is 2. The summed E-state index contributed by atoms with van der Waals surface area (Å²) < 4.78 is 0. The van der Waals surface area contributed by atoms with Gasteiger partial charge in [-0.1, -0.05) is 42.5 Å². The normalized spacial score (nSPS) is 12.9. The molecule has 1 aliphatic rings. The molecule has 4 aromatic rings. The molecule has 1 aliphatic carbocycles. The minimum Gasteiger partial charge on any atom is -0.326 e. The minimum absolute atomic E-state index is 0.0399. The summed E-state index contributed by atoms with van der Waals surface area (Å²) in [6.07, 6.45) is 1.90. The Morgan fingerprint density at radius 2 is 1.56 bits per heavy atom. The molecule has 158 valence electrons. The molecule has 0 spiro atoms. The number of carbonyl (C=O) groups excluding carboxylic acids is 2. The van der Waals surface area contributed by atoms with E-state index in [4.69, 9.17) is 0 Å². The number of H-pyrrole nitrogens is 1. The highest BCUT2D eigenvalue weighted by Gasteiger charge is 2.29. The number of para-hydroxylation sites is 1. The summed E-state index contributed by atoms with van der Waals surface area (Å²) in [5, 5.41) is 13.1. The molecule has 0 unspecified atom stereocenters. The van der Waals surface area contributed by atoms with Crippen molar-refractivity contribution in [1.82, 2.24) is 15.2 Å². The summed E-state index contributed by atoms with van der Waals surface area (Å²) in [6, 6.07) is 24.0.